The van der Waals surface area contributed by atoms with E-state index in [0.717, 1.165) is 70.8 Å². The van der Waals surface area contributed by atoms with Crippen molar-refractivity contribution in [3.05, 3.63) is 12.2 Å². The quantitative estimate of drug-likeness (QED) is 0.119. The van der Waals surface area contributed by atoms with Crippen LogP contribution in [0.5, 0.6) is 0 Å². The van der Waals surface area contributed by atoms with Crippen molar-refractivity contribution in [1.29, 1.82) is 0 Å². The Morgan fingerprint density at radius 3 is 2.38 bits per heavy atom. The van der Waals surface area contributed by atoms with Crippen molar-refractivity contribution in [1.82, 2.24) is 0 Å². The molecule has 0 aromatic rings. The van der Waals surface area contributed by atoms with Crippen molar-refractivity contribution in [2.24, 2.45) is 17.8 Å². The summed E-state index contributed by atoms with van der Waals surface area (Å²) in [5.41, 5.74) is 0. The first-order valence-electron chi connectivity index (χ1n) is 15.8. The highest BCUT2D eigenvalue weighted by atomic mass is 16.7. The topological polar surface area (TPSA) is 97.4 Å². The van der Waals surface area contributed by atoms with Gasteiger partial charge in [-0.1, -0.05) is 45.3 Å². The molecule has 0 N–H and O–H groups in total. The summed E-state index contributed by atoms with van der Waals surface area (Å²) in [5, 5.41) is 0. The first-order chi connectivity index (χ1) is 19.4. The monoisotopic (exact) mass is 564 g/mol. The summed E-state index contributed by atoms with van der Waals surface area (Å²) in [6.07, 6.45) is 15.5. The Morgan fingerprint density at radius 2 is 1.73 bits per heavy atom. The van der Waals surface area contributed by atoms with Crippen LogP contribution < -0.4 is 0 Å². The van der Waals surface area contributed by atoms with Crippen LogP contribution in [0.25, 0.3) is 0 Å². The van der Waals surface area contributed by atoms with Crippen LogP contribution in [0.15, 0.2) is 12.2 Å². The van der Waals surface area contributed by atoms with Crippen molar-refractivity contribution in [3.63, 3.8) is 0 Å². The summed E-state index contributed by atoms with van der Waals surface area (Å²) in [7, 11) is 1.38. The minimum Gasteiger partial charge on any atom is -0.469 e. The lowest BCUT2D eigenvalue weighted by Crippen LogP contribution is -2.31. The second kappa shape index (κ2) is 18.0. The van der Waals surface area contributed by atoms with Crippen LogP contribution in [0.1, 0.15) is 110 Å². The average molecular weight is 565 g/mol. The molecule has 4 unspecified atom stereocenters. The summed E-state index contributed by atoms with van der Waals surface area (Å²) >= 11 is 0. The van der Waals surface area contributed by atoms with E-state index in [0.29, 0.717) is 32.3 Å². The van der Waals surface area contributed by atoms with Crippen LogP contribution in [0.3, 0.4) is 0 Å². The highest BCUT2D eigenvalue weighted by Crippen LogP contribution is 2.37. The molecule has 228 valence electrons. The van der Waals surface area contributed by atoms with Crippen molar-refractivity contribution in [2.45, 2.75) is 135 Å². The summed E-state index contributed by atoms with van der Waals surface area (Å²) in [6.45, 7) is 5.40. The van der Waals surface area contributed by atoms with E-state index >= 15 is 0 Å². The predicted octanol–water partition coefficient (Wildman–Crippen LogP) is 6.09. The van der Waals surface area contributed by atoms with Crippen LogP contribution in [-0.2, 0) is 38.1 Å². The van der Waals surface area contributed by atoms with Gasteiger partial charge in [0.2, 0.25) is 0 Å². The second-order valence-electron chi connectivity index (χ2n) is 11.7. The van der Waals surface area contributed by atoms with E-state index in [2.05, 4.69) is 19.1 Å². The minimum absolute atomic E-state index is 0.0507. The highest BCUT2D eigenvalue weighted by Gasteiger charge is 2.43. The normalized spacial score (nSPS) is 29.0. The number of Topliss-reactive ketones (excluding diaryl/α,β-unsaturated/α-hetero) is 2. The maximum absolute atomic E-state index is 13.2. The Balaban J connectivity index is 1.68. The zero-order chi connectivity index (χ0) is 28.7. The van der Waals surface area contributed by atoms with E-state index in [1.165, 1.54) is 7.11 Å². The number of hydrogen-bond acceptors (Lipinski definition) is 8. The number of ketones is 2. The fourth-order valence-corrected chi connectivity index (χ4v) is 5.96. The maximum Gasteiger partial charge on any atom is 0.308 e. The second-order valence-corrected chi connectivity index (χ2v) is 11.7. The molecule has 1 saturated carbocycles. The van der Waals surface area contributed by atoms with Crippen molar-refractivity contribution in [2.75, 3.05) is 20.3 Å². The van der Waals surface area contributed by atoms with Gasteiger partial charge in [0.25, 0.3) is 0 Å². The fraction of sp³-hybridized carbons (Fsp3) is 0.844. The van der Waals surface area contributed by atoms with Gasteiger partial charge >= 0.3 is 5.97 Å². The smallest absolute Gasteiger partial charge is 0.308 e. The number of carbonyl (C=O) groups is 3. The largest absolute Gasteiger partial charge is 0.469 e. The molecule has 7 atom stereocenters. The Morgan fingerprint density at radius 1 is 1.00 bits per heavy atom. The number of hydrogen-bond donors (Lipinski definition) is 0. The van der Waals surface area contributed by atoms with Gasteiger partial charge in [-0.25, -0.2) is 0 Å². The first kappa shape index (κ1) is 32.9. The molecule has 0 aromatic heterocycles. The van der Waals surface area contributed by atoms with E-state index in [1.54, 1.807) is 0 Å². The van der Waals surface area contributed by atoms with Gasteiger partial charge in [0.1, 0.15) is 11.6 Å². The van der Waals surface area contributed by atoms with Gasteiger partial charge in [0.15, 0.2) is 12.6 Å². The first-order valence-corrected chi connectivity index (χ1v) is 15.8. The van der Waals surface area contributed by atoms with Crippen molar-refractivity contribution in [3.8, 4) is 0 Å². The summed E-state index contributed by atoms with van der Waals surface area (Å²) in [6, 6.07) is 0. The Hall–Kier alpha value is -1.61. The molecule has 2 aliphatic heterocycles. The molecule has 0 bridgehead atoms. The molecule has 8 heteroatoms. The van der Waals surface area contributed by atoms with Gasteiger partial charge in [0.05, 0.1) is 25.2 Å². The molecule has 8 nitrogen and oxygen atoms in total. The average Bonchev–Trinajstić information content (AvgIpc) is 3.25. The van der Waals surface area contributed by atoms with Gasteiger partial charge in [-0.2, -0.15) is 0 Å². The molecule has 0 radical (unpaired) electrons. The van der Waals surface area contributed by atoms with Crippen LogP contribution >= 0.6 is 0 Å². The number of ether oxygens (including phenoxy) is 5. The van der Waals surface area contributed by atoms with Crippen molar-refractivity contribution >= 4 is 17.5 Å². The molecular weight excluding hydrogens is 512 g/mol. The fourth-order valence-electron chi connectivity index (χ4n) is 5.96. The van der Waals surface area contributed by atoms with Gasteiger partial charge < -0.3 is 23.7 Å². The Kier molecular flexibility index (Phi) is 14.8. The summed E-state index contributed by atoms with van der Waals surface area (Å²) in [4.78, 5) is 37.9. The SMILES string of the molecule is CCCCCC(C=C[C@H]1[C@H](OC2CCCCO2)CC(=O)[C@@H]1CC(=O)CCCC(C)C(=O)OC)OC1CCCCO1. The van der Waals surface area contributed by atoms with Crippen molar-refractivity contribution < 1.29 is 38.1 Å². The lowest BCUT2D eigenvalue weighted by molar-refractivity contribution is -0.192. The van der Waals surface area contributed by atoms with Gasteiger partial charge in [-0.15, -0.1) is 0 Å². The molecule has 3 aliphatic rings. The van der Waals surface area contributed by atoms with E-state index in [4.69, 9.17) is 23.7 Å². The summed E-state index contributed by atoms with van der Waals surface area (Å²) < 4.78 is 29.2. The van der Waals surface area contributed by atoms with Gasteiger partial charge in [-0.05, 0) is 57.8 Å². The number of unbranched alkanes of at least 4 members (excludes halogenated alkanes) is 2. The lowest BCUT2D eigenvalue weighted by atomic mass is 9.87. The van der Waals surface area contributed by atoms with Crippen LogP contribution in [-0.4, -0.2) is 62.6 Å². The molecule has 0 amide bonds. The van der Waals surface area contributed by atoms with Crippen LogP contribution in [0, 0.1) is 17.8 Å². The summed E-state index contributed by atoms with van der Waals surface area (Å²) in [5.74, 6) is -1.01. The Bertz CT molecular complexity index is 799. The lowest BCUT2D eigenvalue weighted by Gasteiger charge is -2.29. The predicted molar refractivity (Wildman–Crippen MR) is 151 cm³/mol. The maximum atomic E-state index is 13.2. The third-order valence-corrected chi connectivity index (χ3v) is 8.42. The highest BCUT2D eigenvalue weighted by molar-refractivity contribution is 5.90. The van der Waals surface area contributed by atoms with E-state index in [1.807, 2.05) is 6.92 Å². The molecule has 0 spiro atoms. The molecule has 3 fully saturated rings. The molecule has 2 heterocycles. The standard InChI is InChI=1S/C32H52O8/c1-4-5-6-14-25(39-30-15-7-9-19-37-30)17-18-26-27(21-24(33)13-11-12-23(2)32(35)36-3)28(34)22-29(26)40-31-16-8-10-20-38-31/h17-18,23,25-27,29-31H,4-16,19-22H2,1-3H3/t23?,25?,26-,27-,29-,30?,31?/m1/s1. The zero-order valence-corrected chi connectivity index (χ0v) is 25.0. The minimum atomic E-state index is -0.419. The van der Waals surface area contributed by atoms with Gasteiger partial charge in [-0.3, -0.25) is 14.4 Å². The van der Waals surface area contributed by atoms with Crippen LogP contribution in [0.4, 0.5) is 0 Å². The Labute approximate surface area is 240 Å². The zero-order valence-electron chi connectivity index (χ0n) is 25.0. The third-order valence-electron chi connectivity index (χ3n) is 8.42. The molecule has 2 saturated heterocycles. The third kappa shape index (κ3) is 11.0. The molecular formula is C32H52O8. The number of esters is 1. The van der Waals surface area contributed by atoms with E-state index in [-0.39, 0.29) is 60.6 Å². The molecule has 3 rings (SSSR count). The molecule has 0 aromatic carbocycles. The number of methoxy groups -OCH3 is 1. The van der Waals surface area contributed by atoms with E-state index < -0.39 is 5.92 Å². The number of carbonyl (C=O) groups excluding carboxylic acids is 3. The molecule has 1 aliphatic carbocycles. The van der Waals surface area contributed by atoms with Crippen LogP contribution in [0.2, 0.25) is 0 Å². The number of rotatable bonds is 17. The van der Waals surface area contributed by atoms with E-state index in [9.17, 15) is 14.4 Å². The molecule has 40 heavy (non-hydrogen) atoms. The van der Waals surface area contributed by atoms with Gasteiger partial charge in [0, 0.05) is 44.3 Å².